The lowest BCUT2D eigenvalue weighted by Gasteiger charge is -2.54. The number of Topliss-reactive ketones (excluding diaryl/α,β-unsaturated/α-hetero) is 1. The van der Waals surface area contributed by atoms with Crippen LogP contribution in [0.25, 0.3) is 0 Å². The molecule has 0 bridgehead atoms. The van der Waals surface area contributed by atoms with Gasteiger partial charge in [-0.05, 0) is 38.1 Å². The average molecular weight is 263 g/mol. The molecule has 19 heavy (non-hydrogen) atoms. The standard InChI is InChI=1S/C16H25NO2/c1-3-7-16-12-13(2)11-15(19)14(16)6-4-8-17(16)9-5-10-18/h1,13-14,18H,4-12H2,2H3. The summed E-state index contributed by atoms with van der Waals surface area (Å²) in [7, 11) is 0. The largest absolute Gasteiger partial charge is 0.396 e. The number of rotatable bonds is 4. The van der Waals surface area contributed by atoms with Crippen LogP contribution in [0.15, 0.2) is 0 Å². The molecule has 1 N–H and O–H groups in total. The second kappa shape index (κ2) is 6.07. The van der Waals surface area contributed by atoms with Gasteiger partial charge in [-0.1, -0.05) is 6.92 Å². The third-order valence-corrected chi connectivity index (χ3v) is 4.83. The minimum atomic E-state index is -0.128. The molecule has 1 heterocycles. The molecule has 3 unspecified atom stereocenters. The van der Waals surface area contributed by atoms with E-state index in [2.05, 4.69) is 17.7 Å². The van der Waals surface area contributed by atoms with Crippen LogP contribution in [0.3, 0.4) is 0 Å². The fraction of sp³-hybridized carbons (Fsp3) is 0.812. The van der Waals surface area contributed by atoms with E-state index < -0.39 is 0 Å². The normalized spacial score (nSPS) is 35.7. The molecule has 0 aromatic heterocycles. The van der Waals surface area contributed by atoms with Crippen molar-refractivity contribution in [1.29, 1.82) is 0 Å². The molecule has 1 saturated carbocycles. The highest BCUT2D eigenvalue weighted by atomic mass is 16.3. The van der Waals surface area contributed by atoms with Gasteiger partial charge >= 0.3 is 0 Å². The number of carbonyl (C=O) groups excluding carboxylic acids is 1. The molecule has 3 nitrogen and oxygen atoms in total. The minimum Gasteiger partial charge on any atom is -0.396 e. The van der Waals surface area contributed by atoms with Gasteiger partial charge in [-0.25, -0.2) is 0 Å². The third kappa shape index (κ3) is 2.70. The van der Waals surface area contributed by atoms with Crippen molar-refractivity contribution in [1.82, 2.24) is 4.90 Å². The summed E-state index contributed by atoms with van der Waals surface area (Å²) in [6, 6.07) is 0. The van der Waals surface area contributed by atoms with Crippen LogP contribution in [0.5, 0.6) is 0 Å². The number of carbonyl (C=O) groups is 1. The highest BCUT2D eigenvalue weighted by Crippen LogP contribution is 2.46. The number of aliphatic hydroxyl groups is 1. The minimum absolute atomic E-state index is 0.118. The van der Waals surface area contributed by atoms with Gasteiger partial charge in [-0.3, -0.25) is 9.69 Å². The Hall–Kier alpha value is -0.850. The number of likely N-dealkylation sites (tertiary alicyclic amines) is 1. The Morgan fingerprint density at radius 2 is 2.37 bits per heavy atom. The highest BCUT2D eigenvalue weighted by Gasteiger charge is 2.51. The van der Waals surface area contributed by atoms with Crippen molar-refractivity contribution in [2.45, 2.75) is 51.0 Å². The van der Waals surface area contributed by atoms with Crippen molar-refractivity contribution in [3.8, 4) is 12.3 Å². The van der Waals surface area contributed by atoms with E-state index in [9.17, 15) is 4.79 Å². The smallest absolute Gasteiger partial charge is 0.138 e. The van der Waals surface area contributed by atoms with Crippen molar-refractivity contribution in [2.75, 3.05) is 19.7 Å². The molecule has 2 rings (SSSR count). The summed E-state index contributed by atoms with van der Waals surface area (Å²) in [5.74, 6) is 3.76. The van der Waals surface area contributed by atoms with Crippen LogP contribution in [-0.2, 0) is 4.79 Å². The van der Waals surface area contributed by atoms with Crippen molar-refractivity contribution >= 4 is 5.78 Å². The first-order chi connectivity index (χ1) is 9.14. The maximum absolute atomic E-state index is 12.4. The zero-order valence-electron chi connectivity index (χ0n) is 11.9. The molecule has 1 aliphatic heterocycles. The molecule has 1 aliphatic carbocycles. The first-order valence-corrected chi connectivity index (χ1v) is 7.46. The Balaban J connectivity index is 2.28. The average Bonchev–Trinajstić information content (AvgIpc) is 2.36. The highest BCUT2D eigenvalue weighted by molar-refractivity contribution is 5.83. The van der Waals surface area contributed by atoms with Crippen molar-refractivity contribution < 1.29 is 9.90 Å². The van der Waals surface area contributed by atoms with E-state index in [0.717, 1.165) is 38.8 Å². The molecule has 0 aromatic rings. The number of fused-ring (bicyclic) bond motifs is 1. The quantitative estimate of drug-likeness (QED) is 0.787. The van der Waals surface area contributed by atoms with Gasteiger partial charge in [0.25, 0.3) is 0 Å². The van der Waals surface area contributed by atoms with Gasteiger partial charge < -0.3 is 5.11 Å². The predicted octanol–water partition coefficient (Wildman–Crippen LogP) is 1.84. The predicted molar refractivity (Wildman–Crippen MR) is 75.6 cm³/mol. The fourth-order valence-electron chi connectivity index (χ4n) is 4.17. The fourth-order valence-corrected chi connectivity index (χ4v) is 4.17. The van der Waals surface area contributed by atoms with Crippen LogP contribution in [0.1, 0.15) is 45.4 Å². The van der Waals surface area contributed by atoms with E-state index in [1.54, 1.807) is 0 Å². The van der Waals surface area contributed by atoms with Gasteiger partial charge in [0, 0.05) is 37.5 Å². The maximum atomic E-state index is 12.4. The number of hydrogen-bond donors (Lipinski definition) is 1. The van der Waals surface area contributed by atoms with Crippen LogP contribution >= 0.6 is 0 Å². The summed E-state index contributed by atoms with van der Waals surface area (Å²) in [5, 5.41) is 9.08. The summed E-state index contributed by atoms with van der Waals surface area (Å²) >= 11 is 0. The van der Waals surface area contributed by atoms with Crippen LogP contribution in [0.4, 0.5) is 0 Å². The number of piperidine rings is 1. The van der Waals surface area contributed by atoms with Crippen LogP contribution in [0, 0.1) is 24.2 Å². The van der Waals surface area contributed by atoms with E-state index in [1.807, 2.05) is 0 Å². The van der Waals surface area contributed by atoms with Crippen molar-refractivity contribution in [2.24, 2.45) is 11.8 Å². The van der Waals surface area contributed by atoms with Crippen LogP contribution in [-0.4, -0.2) is 41.0 Å². The lowest BCUT2D eigenvalue weighted by Crippen LogP contribution is -2.62. The van der Waals surface area contributed by atoms with Crippen molar-refractivity contribution in [3.63, 3.8) is 0 Å². The van der Waals surface area contributed by atoms with Gasteiger partial charge in [0.1, 0.15) is 5.78 Å². The maximum Gasteiger partial charge on any atom is 0.138 e. The first-order valence-electron chi connectivity index (χ1n) is 7.46. The molecular weight excluding hydrogens is 238 g/mol. The summed E-state index contributed by atoms with van der Waals surface area (Å²) < 4.78 is 0. The Morgan fingerprint density at radius 3 is 3.05 bits per heavy atom. The molecule has 0 spiro atoms. The molecule has 0 aromatic carbocycles. The Kier molecular flexibility index (Phi) is 4.65. The van der Waals surface area contributed by atoms with E-state index in [1.165, 1.54) is 0 Å². The SMILES string of the molecule is C#CCC12CC(C)CC(=O)C1CCCN2CCCO. The number of nitrogens with zero attached hydrogens (tertiary/aromatic N) is 1. The molecule has 3 heteroatoms. The lowest BCUT2D eigenvalue weighted by molar-refractivity contribution is -0.139. The Bertz CT molecular complexity index is 373. The number of terminal acetylenes is 1. The van der Waals surface area contributed by atoms with E-state index >= 15 is 0 Å². The monoisotopic (exact) mass is 263 g/mol. The summed E-state index contributed by atoms with van der Waals surface area (Å²) in [5.41, 5.74) is -0.128. The topological polar surface area (TPSA) is 40.5 Å². The Morgan fingerprint density at radius 1 is 1.58 bits per heavy atom. The van der Waals surface area contributed by atoms with Crippen LogP contribution < -0.4 is 0 Å². The Labute approximate surface area is 116 Å². The van der Waals surface area contributed by atoms with E-state index in [0.29, 0.717) is 24.5 Å². The number of aliphatic hydroxyl groups excluding tert-OH is 1. The summed E-state index contributed by atoms with van der Waals surface area (Å²) in [6.45, 7) is 4.23. The summed E-state index contributed by atoms with van der Waals surface area (Å²) in [4.78, 5) is 14.8. The second-order valence-electron chi connectivity index (χ2n) is 6.22. The lowest BCUT2D eigenvalue weighted by atomic mass is 9.62. The zero-order chi connectivity index (χ0) is 13.9. The van der Waals surface area contributed by atoms with Gasteiger partial charge in [-0.15, -0.1) is 12.3 Å². The van der Waals surface area contributed by atoms with E-state index in [4.69, 9.17) is 11.5 Å². The molecular formula is C16H25NO2. The number of ketones is 1. The molecule has 3 atom stereocenters. The zero-order valence-corrected chi connectivity index (χ0v) is 11.9. The van der Waals surface area contributed by atoms with Crippen LogP contribution in [0.2, 0.25) is 0 Å². The molecule has 0 amide bonds. The van der Waals surface area contributed by atoms with Gasteiger partial charge in [-0.2, -0.15) is 0 Å². The summed E-state index contributed by atoms with van der Waals surface area (Å²) in [6.07, 6.45) is 10.8. The first kappa shape index (κ1) is 14.6. The third-order valence-electron chi connectivity index (χ3n) is 4.83. The molecule has 1 saturated heterocycles. The molecule has 2 fully saturated rings. The van der Waals surface area contributed by atoms with Crippen molar-refractivity contribution in [3.05, 3.63) is 0 Å². The van der Waals surface area contributed by atoms with Gasteiger partial charge in [0.05, 0.1) is 0 Å². The van der Waals surface area contributed by atoms with Gasteiger partial charge in [0.2, 0.25) is 0 Å². The molecule has 2 aliphatic rings. The second-order valence-corrected chi connectivity index (χ2v) is 6.22. The number of hydrogen-bond acceptors (Lipinski definition) is 3. The molecule has 0 radical (unpaired) electrons. The van der Waals surface area contributed by atoms with E-state index in [-0.39, 0.29) is 18.1 Å². The molecule has 106 valence electrons. The van der Waals surface area contributed by atoms with Gasteiger partial charge in [0.15, 0.2) is 0 Å².